The number of nitrogens with zero attached hydrogens (tertiary/aromatic N) is 3. The predicted molar refractivity (Wildman–Crippen MR) is 77.6 cm³/mol. The molecule has 2 heterocycles. The van der Waals surface area contributed by atoms with Crippen molar-refractivity contribution in [3.8, 4) is 6.07 Å². The first kappa shape index (κ1) is 14.8. The van der Waals surface area contributed by atoms with Gasteiger partial charge in [0.1, 0.15) is 11.2 Å². The Kier molecular flexibility index (Phi) is 4.61. The molecule has 0 N–H and O–H groups in total. The van der Waals surface area contributed by atoms with Gasteiger partial charge in [0.05, 0.1) is 6.07 Å². The third-order valence-electron chi connectivity index (χ3n) is 3.57. The molecule has 0 bridgehead atoms. The molecule has 0 aliphatic carbocycles. The number of rotatable bonds is 2. The average Bonchev–Trinajstić information content (AvgIpc) is 2.45. The van der Waals surface area contributed by atoms with Gasteiger partial charge < -0.3 is 4.90 Å². The number of nitriles is 1. The van der Waals surface area contributed by atoms with Crippen molar-refractivity contribution in [2.45, 2.75) is 45.1 Å². The Labute approximate surface area is 124 Å². The minimum atomic E-state index is -0.328. The topological polar surface area (TPSA) is 57.0 Å². The summed E-state index contributed by atoms with van der Waals surface area (Å²) in [5.41, 5.74) is 1.32. The van der Waals surface area contributed by atoms with Crippen LogP contribution < -0.4 is 0 Å². The minimum Gasteiger partial charge on any atom is -0.323 e. The number of amides is 1. The Morgan fingerprint density at radius 1 is 1.50 bits per heavy atom. The smallest absolute Gasteiger partial charge is 0.255 e. The predicted octanol–water partition coefficient (Wildman–Crippen LogP) is 3.38. The van der Waals surface area contributed by atoms with Crippen LogP contribution in [0.4, 0.5) is 0 Å². The van der Waals surface area contributed by atoms with Crippen LogP contribution in [0.1, 0.15) is 55.1 Å². The van der Waals surface area contributed by atoms with Crippen LogP contribution in [-0.4, -0.2) is 28.4 Å². The zero-order chi connectivity index (χ0) is 14.7. The van der Waals surface area contributed by atoms with E-state index in [1.54, 1.807) is 17.0 Å². The molecule has 0 aromatic carbocycles. The van der Waals surface area contributed by atoms with Gasteiger partial charge in [-0.3, -0.25) is 4.79 Å². The van der Waals surface area contributed by atoms with Gasteiger partial charge in [-0.25, -0.2) is 4.98 Å². The second-order valence-electron chi connectivity index (χ2n) is 5.40. The SMILES string of the molecule is CC(C)c1cc(C(=O)N2CCCCC2C#N)cc(Cl)n1. The van der Waals surface area contributed by atoms with Crippen LogP contribution in [0.25, 0.3) is 0 Å². The third-order valence-corrected chi connectivity index (χ3v) is 3.76. The highest BCUT2D eigenvalue weighted by Crippen LogP contribution is 2.22. The molecule has 1 saturated heterocycles. The number of aromatic nitrogens is 1. The van der Waals surface area contributed by atoms with Crippen LogP contribution in [0.3, 0.4) is 0 Å². The van der Waals surface area contributed by atoms with Crippen molar-refractivity contribution in [3.05, 3.63) is 28.5 Å². The lowest BCUT2D eigenvalue weighted by Gasteiger charge is -2.31. The molecule has 5 heteroatoms. The molecule has 0 saturated carbocycles. The van der Waals surface area contributed by atoms with Crippen molar-refractivity contribution < 1.29 is 4.79 Å². The number of halogens is 1. The monoisotopic (exact) mass is 291 g/mol. The van der Waals surface area contributed by atoms with E-state index in [9.17, 15) is 10.1 Å². The standard InChI is InChI=1S/C15H18ClN3O/c1-10(2)13-7-11(8-14(16)18-13)15(20)19-6-4-3-5-12(19)9-17/h7-8,10,12H,3-6H2,1-2H3. The van der Waals surface area contributed by atoms with Gasteiger partial charge in [0.15, 0.2) is 0 Å². The summed E-state index contributed by atoms with van der Waals surface area (Å²) in [7, 11) is 0. The van der Waals surface area contributed by atoms with Crippen molar-refractivity contribution >= 4 is 17.5 Å². The third kappa shape index (κ3) is 3.10. The van der Waals surface area contributed by atoms with E-state index in [0.717, 1.165) is 25.0 Å². The molecule has 1 fully saturated rings. The summed E-state index contributed by atoms with van der Waals surface area (Å²) in [6.07, 6.45) is 2.69. The number of piperidine rings is 1. The van der Waals surface area contributed by atoms with Crippen LogP contribution in [0, 0.1) is 11.3 Å². The Morgan fingerprint density at radius 3 is 2.90 bits per heavy atom. The summed E-state index contributed by atoms with van der Waals surface area (Å²) in [5, 5.41) is 9.50. The number of hydrogen-bond donors (Lipinski definition) is 0. The van der Waals surface area contributed by atoms with Gasteiger partial charge in [-0.15, -0.1) is 0 Å². The molecular weight excluding hydrogens is 274 g/mol. The lowest BCUT2D eigenvalue weighted by molar-refractivity contribution is 0.0670. The van der Waals surface area contributed by atoms with Gasteiger partial charge >= 0.3 is 0 Å². The summed E-state index contributed by atoms with van der Waals surface area (Å²) in [6.45, 7) is 4.64. The summed E-state index contributed by atoms with van der Waals surface area (Å²) < 4.78 is 0. The van der Waals surface area contributed by atoms with Gasteiger partial charge in [0, 0.05) is 17.8 Å². The van der Waals surface area contributed by atoms with Crippen LogP contribution in [-0.2, 0) is 0 Å². The number of pyridine rings is 1. The molecular formula is C15H18ClN3O. The highest BCUT2D eigenvalue weighted by Gasteiger charge is 2.27. The summed E-state index contributed by atoms with van der Waals surface area (Å²) >= 11 is 6.00. The molecule has 1 aromatic heterocycles. The van der Waals surface area contributed by atoms with Crippen LogP contribution >= 0.6 is 11.6 Å². The second kappa shape index (κ2) is 6.23. The molecule has 1 aliphatic heterocycles. The van der Waals surface area contributed by atoms with Gasteiger partial charge in [-0.1, -0.05) is 25.4 Å². The van der Waals surface area contributed by atoms with Crippen LogP contribution in [0.15, 0.2) is 12.1 Å². The molecule has 1 aromatic rings. The summed E-state index contributed by atoms with van der Waals surface area (Å²) in [6, 6.07) is 5.25. The van der Waals surface area contributed by atoms with Crippen molar-refractivity contribution in [2.24, 2.45) is 0 Å². The molecule has 0 radical (unpaired) electrons. The Balaban J connectivity index is 2.30. The molecule has 106 valence electrons. The highest BCUT2D eigenvalue weighted by atomic mass is 35.5. The maximum absolute atomic E-state index is 12.6. The van der Waals surface area contributed by atoms with E-state index in [-0.39, 0.29) is 17.9 Å². The van der Waals surface area contributed by atoms with E-state index in [4.69, 9.17) is 11.6 Å². The number of hydrogen-bond acceptors (Lipinski definition) is 3. The first-order valence-corrected chi connectivity index (χ1v) is 7.28. The lowest BCUT2D eigenvalue weighted by Crippen LogP contribution is -2.43. The van der Waals surface area contributed by atoms with E-state index in [1.807, 2.05) is 13.8 Å². The Morgan fingerprint density at radius 2 is 2.25 bits per heavy atom. The summed E-state index contributed by atoms with van der Waals surface area (Å²) in [4.78, 5) is 18.5. The molecule has 0 spiro atoms. The quantitative estimate of drug-likeness (QED) is 0.785. The molecule has 4 nitrogen and oxygen atoms in total. The first-order chi connectivity index (χ1) is 9.52. The molecule has 1 aliphatic rings. The molecule has 20 heavy (non-hydrogen) atoms. The van der Waals surface area contributed by atoms with Crippen molar-refractivity contribution in [3.63, 3.8) is 0 Å². The zero-order valence-electron chi connectivity index (χ0n) is 11.8. The summed E-state index contributed by atoms with van der Waals surface area (Å²) in [5.74, 6) is 0.0795. The number of carbonyl (C=O) groups is 1. The number of likely N-dealkylation sites (tertiary alicyclic amines) is 1. The Hall–Kier alpha value is -1.60. The van der Waals surface area contributed by atoms with E-state index in [2.05, 4.69) is 11.1 Å². The van der Waals surface area contributed by atoms with E-state index >= 15 is 0 Å². The normalized spacial score (nSPS) is 18.9. The Bertz CT molecular complexity index is 551. The fourth-order valence-electron chi connectivity index (χ4n) is 2.41. The van der Waals surface area contributed by atoms with Crippen LogP contribution in [0.5, 0.6) is 0 Å². The first-order valence-electron chi connectivity index (χ1n) is 6.91. The highest BCUT2D eigenvalue weighted by molar-refractivity contribution is 6.29. The van der Waals surface area contributed by atoms with Crippen LogP contribution in [0.2, 0.25) is 5.15 Å². The fraction of sp³-hybridized carbons (Fsp3) is 0.533. The van der Waals surface area contributed by atoms with Crippen molar-refractivity contribution in [1.29, 1.82) is 5.26 Å². The fourth-order valence-corrected chi connectivity index (χ4v) is 2.63. The lowest BCUT2D eigenvalue weighted by atomic mass is 10.0. The number of carbonyl (C=O) groups excluding carboxylic acids is 1. The largest absolute Gasteiger partial charge is 0.323 e. The van der Waals surface area contributed by atoms with Crippen molar-refractivity contribution in [2.75, 3.05) is 6.54 Å². The van der Waals surface area contributed by atoms with Gasteiger partial charge in [0.2, 0.25) is 0 Å². The van der Waals surface area contributed by atoms with Gasteiger partial charge in [-0.2, -0.15) is 5.26 Å². The van der Waals surface area contributed by atoms with E-state index in [0.29, 0.717) is 17.3 Å². The molecule has 1 amide bonds. The second-order valence-corrected chi connectivity index (χ2v) is 5.78. The maximum Gasteiger partial charge on any atom is 0.255 e. The van der Waals surface area contributed by atoms with E-state index in [1.165, 1.54) is 0 Å². The average molecular weight is 292 g/mol. The van der Waals surface area contributed by atoms with Gasteiger partial charge in [0.25, 0.3) is 5.91 Å². The zero-order valence-corrected chi connectivity index (χ0v) is 12.5. The van der Waals surface area contributed by atoms with Gasteiger partial charge in [-0.05, 0) is 37.3 Å². The van der Waals surface area contributed by atoms with Crippen molar-refractivity contribution in [1.82, 2.24) is 9.88 Å². The molecule has 1 atom stereocenters. The molecule has 2 rings (SSSR count). The maximum atomic E-state index is 12.6. The molecule has 1 unspecified atom stereocenters. The minimum absolute atomic E-state index is 0.123. The van der Waals surface area contributed by atoms with E-state index < -0.39 is 0 Å².